The van der Waals surface area contributed by atoms with Crippen LogP contribution < -0.4 is 5.32 Å². The summed E-state index contributed by atoms with van der Waals surface area (Å²) in [5.74, 6) is 0.322. The van der Waals surface area contributed by atoms with Crippen LogP contribution in [0.1, 0.15) is 0 Å². The Bertz CT molecular complexity index is 87.7. The summed E-state index contributed by atoms with van der Waals surface area (Å²) in [6.07, 6.45) is 0. The zero-order valence-electron chi connectivity index (χ0n) is 4.11. The predicted octanol–water partition coefficient (Wildman–Crippen LogP) is 0.675. The van der Waals surface area contributed by atoms with E-state index in [1.807, 2.05) is 0 Å². The van der Waals surface area contributed by atoms with E-state index in [9.17, 15) is 4.39 Å². The van der Waals surface area contributed by atoms with Gasteiger partial charge in [0.2, 0.25) is 0 Å². The summed E-state index contributed by atoms with van der Waals surface area (Å²) in [7, 11) is 1.62. The van der Waals surface area contributed by atoms with E-state index in [1.54, 1.807) is 7.05 Å². The molecule has 0 aliphatic rings. The SMILES string of the molecule is C=C(N=CF)NC. The van der Waals surface area contributed by atoms with Crippen molar-refractivity contribution in [3.8, 4) is 0 Å². The molecule has 0 amide bonds. The molecule has 0 heterocycles. The third kappa shape index (κ3) is 2.96. The summed E-state index contributed by atoms with van der Waals surface area (Å²) in [6.45, 7) is 3.51. The lowest BCUT2D eigenvalue weighted by atomic mass is 10.8. The van der Waals surface area contributed by atoms with E-state index in [0.717, 1.165) is 0 Å². The van der Waals surface area contributed by atoms with Gasteiger partial charge in [-0.25, -0.2) is 4.99 Å². The second kappa shape index (κ2) is 3.33. The van der Waals surface area contributed by atoms with Crippen molar-refractivity contribution in [1.82, 2.24) is 5.32 Å². The van der Waals surface area contributed by atoms with Gasteiger partial charge in [-0.1, -0.05) is 6.58 Å². The number of aliphatic imine (C=N–C) groups is 1. The third-order valence-corrected chi connectivity index (χ3v) is 0.493. The average molecular weight is 102 g/mol. The van der Waals surface area contributed by atoms with Crippen LogP contribution >= 0.6 is 0 Å². The smallest absolute Gasteiger partial charge is 0.177 e. The maximum Gasteiger partial charge on any atom is 0.177 e. The minimum Gasteiger partial charge on any atom is -0.374 e. The molecule has 0 radical (unpaired) electrons. The molecule has 7 heavy (non-hydrogen) atoms. The van der Waals surface area contributed by atoms with Crippen molar-refractivity contribution in [2.75, 3.05) is 7.05 Å². The van der Waals surface area contributed by atoms with Crippen LogP contribution in [0.25, 0.3) is 0 Å². The highest BCUT2D eigenvalue weighted by molar-refractivity contribution is 5.46. The molecule has 0 saturated heterocycles. The van der Waals surface area contributed by atoms with E-state index >= 15 is 0 Å². The molecule has 0 aliphatic heterocycles. The average Bonchev–Trinajstić information content (AvgIpc) is 1.68. The van der Waals surface area contributed by atoms with Crippen molar-refractivity contribution in [1.29, 1.82) is 0 Å². The molecule has 0 rings (SSSR count). The Morgan fingerprint density at radius 1 is 2.00 bits per heavy atom. The number of hydrogen-bond acceptors (Lipinski definition) is 2. The van der Waals surface area contributed by atoms with Crippen LogP contribution in [0, 0.1) is 0 Å². The Morgan fingerprint density at radius 3 is 2.71 bits per heavy atom. The maximum atomic E-state index is 11.0. The van der Waals surface area contributed by atoms with Gasteiger partial charge < -0.3 is 5.32 Å². The molecular formula is C4H7FN2. The molecule has 0 aliphatic carbocycles. The van der Waals surface area contributed by atoms with Gasteiger partial charge >= 0.3 is 0 Å². The van der Waals surface area contributed by atoms with E-state index < -0.39 is 0 Å². The quantitative estimate of drug-likeness (QED) is 0.509. The van der Waals surface area contributed by atoms with Gasteiger partial charge in [-0.15, -0.1) is 0 Å². The van der Waals surface area contributed by atoms with E-state index in [4.69, 9.17) is 0 Å². The van der Waals surface area contributed by atoms with Crippen LogP contribution in [-0.2, 0) is 0 Å². The minimum atomic E-state index is 0.193. The van der Waals surface area contributed by atoms with Crippen molar-refractivity contribution >= 4 is 6.47 Å². The molecule has 0 aromatic carbocycles. The summed E-state index contributed by atoms with van der Waals surface area (Å²) in [6, 6.07) is 0. The fourth-order valence-corrected chi connectivity index (χ4v) is 0.123. The summed E-state index contributed by atoms with van der Waals surface area (Å²) < 4.78 is 11.0. The number of halogens is 1. The standard InChI is InChI=1S/C4H7FN2/c1-4(6-2)7-3-5/h3,6H,1H2,2H3. The summed E-state index contributed by atoms with van der Waals surface area (Å²) in [4.78, 5) is 3.15. The van der Waals surface area contributed by atoms with Gasteiger partial charge in [-0.3, -0.25) is 0 Å². The molecule has 0 unspecified atom stereocenters. The zero-order chi connectivity index (χ0) is 5.70. The van der Waals surface area contributed by atoms with Crippen molar-refractivity contribution < 1.29 is 4.39 Å². The molecule has 1 N–H and O–H groups in total. The summed E-state index contributed by atoms with van der Waals surface area (Å²) in [5.41, 5.74) is 0. The van der Waals surface area contributed by atoms with Crippen molar-refractivity contribution in [2.45, 2.75) is 0 Å². The highest BCUT2D eigenvalue weighted by Gasteiger charge is 1.74. The van der Waals surface area contributed by atoms with Crippen molar-refractivity contribution in [3.63, 3.8) is 0 Å². The molecule has 2 nitrogen and oxygen atoms in total. The topological polar surface area (TPSA) is 24.4 Å². The number of hydrogen-bond donors (Lipinski definition) is 1. The normalized spacial score (nSPS) is 9.43. The second-order valence-corrected chi connectivity index (χ2v) is 0.923. The second-order valence-electron chi connectivity index (χ2n) is 0.923. The van der Waals surface area contributed by atoms with Crippen molar-refractivity contribution in [2.24, 2.45) is 4.99 Å². The Hall–Kier alpha value is -0.860. The van der Waals surface area contributed by atoms with Crippen LogP contribution in [0.2, 0.25) is 0 Å². The van der Waals surface area contributed by atoms with Gasteiger partial charge in [0.1, 0.15) is 5.82 Å². The third-order valence-electron chi connectivity index (χ3n) is 0.493. The van der Waals surface area contributed by atoms with Crippen molar-refractivity contribution in [3.05, 3.63) is 12.4 Å². The monoisotopic (exact) mass is 102 g/mol. The van der Waals surface area contributed by atoms with E-state index in [0.29, 0.717) is 5.82 Å². The molecule has 0 bridgehead atoms. The van der Waals surface area contributed by atoms with Gasteiger partial charge in [0.05, 0.1) is 0 Å². The predicted molar refractivity (Wildman–Crippen MR) is 27.8 cm³/mol. The fourth-order valence-electron chi connectivity index (χ4n) is 0.123. The molecule has 40 valence electrons. The molecule has 0 aromatic heterocycles. The first-order valence-corrected chi connectivity index (χ1v) is 1.80. The first kappa shape index (κ1) is 6.14. The van der Waals surface area contributed by atoms with Gasteiger partial charge in [0.25, 0.3) is 0 Å². The lowest BCUT2D eigenvalue weighted by Gasteiger charge is -1.90. The molecule has 0 fully saturated rings. The lowest BCUT2D eigenvalue weighted by Crippen LogP contribution is -2.00. The van der Waals surface area contributed by atoms with Crippen LogP contribution in [0.15, 0.2) is 17.4 Å². The summed E-state index contributed by atoms with van der Waals surface area (Å²) in [5, 5.41) is 2.53. The Balaban J connectivity index is 3.37. The molecule has 0 aromatic rings. The number of nitrogens with one attached hydrogen (secondary N) is 1. The number of rotatable bonds is 2. The first-order chi connectivity index (χ1) is 3.31. The van der Waals surface area contributed by atoms with E-state index in [1.165, 1.54) is 0 Å². The van der Waals surface area contributed by atoms with Crippen LogP contribution in [0.3, 0.4) is 0 Å². The van der Waals surface area contributed by atoms with E-state index in [2.05, 4.69) is 16.9 Å². The Kier molecular flexibility index (Phi) is 2.92. The van der Waals surface area contributed by atoms with Crippen LogP contribution in [0.4, 0.5) is 4.39 Å². The highest BCUT2D eigenvalue weighted by atomic mass is 19.1. The van der Waals surface area contributed by atoms with E-state index in [-0.39, 0.29) is 6.47 Å². The summed E-state index contributed by atoms with van der Waals surface area (Å²) >= 11 is 0. The van der Waals surface area contributed by atoms with Gasteiger partial charge in [-0.2, -0.15) is 4.39 Å². The molecule has 0 atom stereocenters. The molecule has 0 spiro atoms. The largest absolute Gasteiger partial charge is 0.374 e. The minimum absolute atomic E-state index is 0.193. The Labute approximate surface area is 41.8 Å². The highest BCUT2D eigenvalue weighted by Crippen LogP contribution is 1.79. The molecule has 0 saturated carbocycles. The van der Waals surface area contributed by atoms with Gasteiger partial charge in [0.15, 0.2) is 6.47 Å². The Morgan fingerprint density at radius 2 is 2.57 bits per heavy atom. The zero-order valence-corrected chi connectivity index (χ0v) is 4.11. The fraction of sp³-hybridized carbons (Fsp3) is 0.250. The molecule has 3 heteroatoms. The maximum absolute atomic E-state index is 11.0. The van der Waals surface area contributed by atoms with Gasteiger partial charge in [0, 0.05) is 7.05 Å². The number of nitrogens with zero attached hydrogens (tertiary/aromatic N) is 1. The lowest BCUT2D eigenvalue weighted by molar-refractivity contribution is 0.828. The van der Waals surface area contributed by atoms with Crippen LogP contribution in [0.5, 0.6) is 0 Å². The van der Waals surface area contributed by atoms with Crippen LogP contribution in [-0.4, -0.2) is 13.5 Å². The molecular weight excluding hydrogens is 95.1 g/mol. The van der Waals surface area contributed by atoms with Gasteiger partial charge in [-0.05, 0) is 0 Å². The first-order valence-electron chi connectivity index (χ1n) is 1.80.